The van der Waals surface area contributed by atoms with E-state index in [4.69, 9.17) is 4.74 Å². The number of fused-ring (bicyclic) bond motifs is 1. The minimum Gasteiger partial charge on any atom is -0.424 e. The molecule has 1 aliphatic heterocycles. The van der Waals surface area contributed by atoms with Gasteiger partial charge in [0, 0.05) is 36.4 Å². The van der Waals surface area contributed by atoms with Crippen LogP contribution in [-0.4, -0.2) is 30.2 Å². The highest BCUT2D eigenvalue weighted by atomic mass is 32.2. The molecule has 2 unspecified atom stereocenters. The summed E-state index contributed by atoms with van der Waals surface area (Å²) < 4.78 is 33.0. The van der Waals surface area contributed by atoms with Gasteiger partial charge >= 0.3 is 6.01 Å². The van der Waals surface area contributed by atoms with Crippen LogP contribution in [0.2, 0.25) is 0 Å². The van der Waals surface area contributed by atoms with Gasteiger partial charge in [0.15, 0.2) is 0 Å². The van der Waals surface area contributed by atoms with Crippen LogP contribution in [0.4, 0.5) is 11.4 Å². The predicted molar refractivity (Wildman–Crippen MR) is 134 cm³/mol. The molecule has 35 heavy (non-hydrogen) atoms. The summed E-state index contributed by atoms with van der Waals surface area (Å²) in [5.41, 5.74) is 3.42. The van der Waals surface area contributed by atoms with Crippen molar-refractivity contribution in [2.45, 2.75) is 43.9 Å². The van der Waals surface area contributed by atoms with Gasteiger partial charge in [0.05, 0.1) is 23.3 Å². The Labute approximate surface area is 205 Å². The summed E-state index contributed by atoms with van der Waals surface area (Å²) in [5.74, 6) is 0.859. The van der Waals surface area contributed by atoms with E-state index in [-0.39, 0.29) is 18.0 Å². The summed E-state index contributed by atoms with van der Waals surface area (Å²) in [6.07, 6.45) is 5.61. The Morgan fingerprint density at radius 1 is 1.14 bits per heavy atom. The van der Waals surface area contributed by atoms with Gasteiger partial charge in [0.2, 0.25) is 10.0 Å². The molecule has 2 aromatic carbocycles. The maximum absolute atomic E-state index is 12.2. The lowest BCUT2D eigenvalue weighted by Crippen LogP contribution is -2.28. The molecular formula is C26H27N5O3S. The van der Waals surface area contributed by atoms with Gasteiger partial charge in [-0.15, -0.1) is 0 Å². The lowest BCUT2D eigenvalue weighted by molar-refractivity contribution is 0.441. The molecule has 1 saturated carbocycles. The highest BCUT2D eigenvalue weighted by Crippen LogP contribution is 2.51. The molecule has 2 atom stereocenters. The largest absolute Gasteiger partial charge is 0.424 e. The number of rotatable bonds is 8. The van der Waals surface area contributed by atoms with Crippen LogP contribution in [0.1, 0.15) is 49.8 Å². The molecule has 0 bridgehead atoms. The Morgan fingerprint density at radius 3 is 2.49 bits per heavy atom. The Bertz CT molecular complexity index is 1350. The normalized spacial score (nSPS) is 19.3. The number of hydrogen-bond acceptors (Lipinski definition) is 7. The Kier molecular flexibility index (Phi) is 6.07. The Balaban J connectivity index is 1.47. The zero-order valence-electron chi connectivity index (χ0n) is 19.6. The van der Waals surface area contributed by atoms with Crippen LogP contribution in [0.5, 0.6) is 11.8 Å². The first-order chi connectivity index (χ1) is 16.9. The average Bonchev–Trinajstić information content (AvgIpc) is 3.61. The van der Waals surface area contributed by atoms with Crippen LogP contribution in [0.3, 0.4) is 0 Å². The zero-order chi connectivity index (χ0) is 24.6. The van der Waals surface area contributed by atoms with Gasteiger partial charge in [-0.25, -0.2) is 18.4 Å². The third-order valence-corrected chi connectivity index (χ3v) is 8.23. The minimum atomic E-state index is -3.43. The second kappa shape index (κ2) is 9.19. The van der Waals surface area contributed by atoms with E-state index in [1.54, 1.807) is 44.4 Å². The van der Waals surface area contributed by atoms with Crippen LogP contribution >= 0.6 is 0 Å². The number of hydrogen-bond donors (Lipinski definition) is 1. The van der Waals surface area contributed by atoms with Gasteiger partial charge in [-0.1, -0.05) is 18.2 Å². The van der Waals surface area contributed by atoms with Crippen molar-refractivity contribution in [3.05, 3.63) is 72.1 Å². The smallest absolute Gasteiger partial charge is 0.321 e. The molecule has 5 rings (SSSR count). The first kappa shape index (κ1) is 23.1. The predicted octanol–water partition coefficient (Wildman–Crippen LogP) is 5.00. The zero-order valence-corrected chi connectivity index (χ0v) is 20.4. The fourth-order valence-corrected chi connectivity index (χ4v) is 5.08. The number of nitrogens with zero attached hydrogens (tertiary/aromatic N) is 4. The van der Waals surface area contributed by atoms with E-state index in [9.17, 15) is 13.7 Å². The molecule has 1 fully saturated rings. The van der Waals surface area contributed by atoms with Crippen LogP contribution in [0.25, 0.3) is 0 Å². The molecule has 180 valence electrons. The van der Waals surface area contributed by atoms with Crippen LogP contribution < -0.4 is 14.4 Å². The number of sulfonamides is 1. The monoisotopic (exact) mass is 489 g/mol. The number of nitriles is 1. The third-order valence-electron chi connectivity index (χ3n) is 6.47. The van der Waals surface area contributed by atoms with Crippen molar-refractivity contribution in [2.24, 2.45) is 5.92 Å². The molecule has 9 heteroatoms. The fourth-order valence-electron chi connectivity index (χ4n) is 4.38. The van der Waals surface area contributed by atoms with Crippen molar-refractivity contribution >= 4 is 21.4 Å². The molecule has 0 amide bonds. The topological polar surface area (TPSA) is 108 Å². The quantitative estimate of drug-likeness (QED) is 0.474. The lowest BCUT2D eigenvalue weighted by atomic mass is 9.91. The summed E-state index contributed by atoms with van der Waals surface area (Å²) in [6.45, 7) is 4.13. The molecule has 0 spiro atoms. The van der Waals surface area contributed by atoms with Crippen molar-refractivity contribution in [1.29, 1.82) is 5.26 Å². The summed E-state index contributed by atoms with van der Waals surface area (Å²) in [6, 6.07) is 17.5. The highest BCUT2D eigenvalue weighted by molar-refractivity contribution is 7.93. The van der Waals surface area contributed by atoms with E-state index in [1.165, 1.54) is 12.8 Å². The second-order valence-corrected chi connectivity index (χ2v) is 11.6. The molecule has 8 nitrogen and oxygen atoms in total. The fraction of sp³-hybridized carbons (Fsp3) is 0.346. The van der Waals surface area contributed by atoms with Gasteiger partial charge < -0.3 is 9.64 Å². The summed E-state index contributed by atoms with van der Waals surface area (Å²) in [7, 11) is -3.43. The SMILES string of the molecule is CC(C)S(=O)(=O)Nc1ccc(C2C(C#N)c3ccc(Oc4ncccn4)cc3N2CC2CC2)cc1. The lowest BCUT2D eigenvalue weighted by Gasteiger charge is -2.29. The molecule has 2 aliphatic rings. The molecule has 0 radical (unpaired) electrons. The van der Waals surface area contributed by atoms with E-state index in [1.807, 2.05) is 30.3 Å². The van der Waals surface area contributed by atoms with E-state index in [2.05, 4.69) is 25.7 Å². The summed E-state index contributed by atoms with van der Waals surface area (Å²) in [4.78, 5) is 10.6. The molecule has 3 aromatic rings. The van der Waals surface area contributed by atoms with Crippen molar-refractivity contribution in [3.63, 3.8) is 0 Å². The van der Waals surface area contributed by atoms with E-state index >= 15 is 0 Å². The number of nitrogens with one attached hydrogen (secondary N) is 1. The van der Waals surface area contributed by atoms with Crippen LogP contribution in [0, 0.1) is 17.2 Å². The van der Waals surface area contributed by atoms with Gasteiger partial charge in [0.25, 0.3) is 0 Å². The van der Waals surface area contributed by atoms with Gasteiger partial charge in [-0.05, 0) is 68.0 Å². The summed E-state index contributed by atoms with van der Waals surface area (Å²) in [5, 5.41) is 9.64. The van der Waals surface area contributed by atoms with E-state index in [0.717, 1.165) is 23.4 Å². The first-order valence-electron chi connectivity index (χ1n) is 11.7. The maximum atomic E-state index is 12.2. The van der Waals surface area contributed by atoms with E-state index < -0.39 is 15.3 Å². The van der Waals surface area contributed by atoms with Crippen LogP contribution in [-0.2, 0) is 10.0 Å². The molecule has 0 saturated heterocycles. The maximum Gasteiger partial charge on any atom is 0.321 e. The van der Waals surface area contributed by atoms with Crippen molar-refractivity contribution in [3.8, 4) is 17.8 Å². The average molecular weight is 490 g/mol. The van der Waals surface area contributed by atoms with Crippen molar-refractivity contribution < 1.29 is 13.2 Å². The van der Waals surface area contributed by atoms with Crippen molar-refractivity contribution in [1.82, 2.24) is 9.97 Å². The molecule has 1 N–H and O–H groups in total. The second-order valence-electron chi connectivity index (χ2n) is 9.32. The molecule has 1 aliphatic carbocycles. The minimum absolute atomic E-state index is 0.172. The highest BCUT2D eigenvalue weighted by Gasteiger charge is 2.42. The number of benzene rings is 2. The number of ether oxygens (including phenoxy) is 1. The molecular weight excluding hydrogens is 462 g/mol. The van der Waals surface area contributed by atoms with Gasteiger partial charge in [0.1, 0.15) is 5.75 Å². The molecule has 2 heterocycles. The Hall–Kier alpha value is -3.64. The number of aromatic nitrogens is 2. The Morgan fingerprint density at radius 2 is 1.86 bits per heavy atom. The van der Waals surface area contributed by atoms with Crippen LogP contribution in [0.15, 0.2) is 60.9 Å². The van der Waals surface area contributed by atoms with Gasteiger partial charge in [-0.2, -0.15) is 5.26 Å². The first-order valence-corrected chi connectivity index (χ1v) is 13.3. The third kappa shape index (κ3) is 4.80. The van der Waals surface area contributed by atoms with Gasteiger partial charge in [-0.3, -0.25) is 4.72 Å². The van der Waals surface area contributed by atoms with E-state index in [0.29, 0.717) is 17.4 Å². The van der Waals surface area contributed by atoms with Crippen molar-refractivity contribution in [2.75, 3.05) is 16.2 Å². The summed E-state index contributed by atoms with van der Waals surface area (Å²) >= 11 is 0. The number of anilines is 2. The standard InChI is InChI=1S/C26H27N5O3S/c1-17(2)35(32,33)30-20-8-6-19(7-9-20)25-23(15-27)22-11-10-21(34-26-28-12-3-13-29-26)14-24(22)31(25)16-18-4-5-18/h3,6-14,17-18,23,25,30H,4-5,16H2,1-2H3. The molecule has 1 aromatic heterocycles.